The van der Waals surface area contributed by atoms with Crippen molar-refractivity contribution in [3.63, 3.8) is 0 Å². The first-order valence-electron chi connectivity index (χ1n) is 7.83. The molecule has 0 unspecified atom stereocenters. The molecule has 0 aromatic heterocycles. The van der Waals surface area contributed by atoms with Crippen molar-refractivity contribution in [1.29, 1.82) is 0 Å². The number of carbonyl (C=O) groups is 1. The average Bonchev–Trinajstić information content (AvgIpc) is 3.03. The van der Waals surface area contributed by atoms with Gasteiger partial charge in [0.05, 0.1) is 6.61 Å². The molecule has 1 N–H and O–H groups in total. The van der Waals surface area contributed by atoms with Crippen molar-refractivity contribution in [1.82, 2.24) is 4.90 Å². The fourth-order valence-corrected chi connectivity index (χ4v) is 2.61. The highest BCUT2D eigenvalue weighted by molar-refractivity contribution is 5.89. The molecule has 0 fully saturated rings. The maximum absolute atomic E-state index is 12.3. The number of carbonyl (C=O) groups excluding carboxylic acids is 1. The number of amides is 2. The van der Waals surface area contributed by atoms with Crippen LogP contribution in [0.1, 0.15) is 11.1 Å². The van der Waals surface area contributed by atoms with E-state index in [0.717, 1.165) is 23.3 Å². The number of rotatable bonds is 5. The minimum atomic E-state index is -2.85. The van der Waals surface area contributed by atoms with E-state index in [-0.39, 0.29) is 11.8 Å². The van der Waals surface area contributed by atoms with Gasteiger partial charge in [-0.2, -0.15) is 8.78 Å². The number of nitrogens with zero attached hydrogens (tertiary/aromatic N) is 1. The molecule has 2 aromatic rings. The molecule has 1 aliphatic heterocycles. The Hall–Kier alpha value is -2.83. The minimum Gasteiger partial charge on any atom is -0.493 e. The van der Waals surface area contributed by atoms with E-state index in [1.165, 1.54) is 17.0 Å². The molecule has 5 nitrogen and oxygen atoms in total. The van der Waals surface area contributed by atoms with Gasteiger partial charge in [0.15, 0.2) is 0 Å². The maximum Gasteiger partial charge on any atom is 0.387 e. The molecule has 25 heavy (non-hydrogen) atoms. The number of hydrogen-bond acceptors (Lipinski definition) is 3. The predicted octanol–water partition coefficient (Wildman–Crippen LogP) is 3.89. The molecule has 0 saturated carbocycles. The standard InChI is InChI=1S/C18H18F2N2O3/c1-22(11-12-2-5-15(6-3-12)25-17(19)20)18(23)21-14-4-7-16-13(10-14)8-9-24-16/h2-7,10,17H,8-9,11H2,1H3,(H,21,23). The van der Waals surface area contributed by atoms with Crippen molar-refractivity contribution < 1.29 is 23.0 Å². The van der Waals surface area contributed by atoms with E-state index in [0.29, 0.717) is 18.8 Å². The Bertz CT molecular complexity index is 750. The molecule has 3 rings (SSSR count). The van der Waals surface area contributed by atoms with Crippen molar-refractivity contribution >= 4 is 11.7 Å². The van der Waals surface area contributed by atoms with Gasteiger partial charge in [0.25, 0.3) is 0 Å². The van der Waals surface area contributed by atoms with Gasteiger partial charge in [0, 0.05) is 25.7 Å². The number of halogens is 2. The Labute approximate surface area is 144 Å². The highest BCUT2D eigenvalue weighted by atomic mass is 19.3. The summed E-state index contributed by atoms with van der Waals surface area (Å²) in [4.78, 5) is 13.8. The molecule has 0 atom stereocenters. The summed E-state index contributed by atoms with van der Waals surface area (Å²) < 4.78 is 34.0. The molecule has 0 spiro atoms. The molecule has 0 saturated heterocycles. The zero-order chi connectivity index (χ0) is 17.8. The quantitative estimate of drug-likeness (QED) is 0.892. The van der Waals surface area contributed by atoms with E-state index in [4.69, 9.17) is 4.74 Å². The molecule has 0 bridgehead atoms. The normalized spacial score (nSPS) is 12.5. The minimum absolute atomic E-state index is 0.0891. The van der Waals surface area contributed by atoms with Gasteiger partial charge in [-0.25, -0.2) is 4.79 Å². The highest BCUT2D eigenvalue weighted by Gasteiger charge is 2.14. The van der Waals surface area contributed by atoms with Crippen LogP contribution in [0.3, 0.4) is 0 Å². The van der Waals surface area contributed by atoms with Crippen LogP contribution >= 0.6 is 0 Å². The van der Waals surface area contributed by atoms with Crippen molar-refractivity contribution in [3.05, 3.63) is 53.6 Å². The summed E-state index contributed by atoms with van der Waals surface area (Å²) >= 11 is 0. The van der Waals surface area contributed by atoms with Gasteiger partial charge < -0.3 is 19.7 Å². The van der Waals surface area contributed by atoms with Crippen molar-refractivity contribution in [2.75, 3.05) is 19.0 Å². The number of hydrogen-bond donors (Lipinski definition) is 1. The number of urea groups is 1. The van der Waals surface area contributed by atoms with Crippen LogP contribution in [-0.2, 0) is 13.0 Å². The third-order valence-electron chi connectivity index (χ3n) is 3.86. The van der Waals surface area contributed by atoms with Crippen LogP contribution in [0.5, 0.6) is 11.5 Å². The Morgan fingerprint density at radius 1 is 1.28 bits per heavy atom. The summed E-state index contributed by atoms with van der Waals surface area (Å²) in [5, 5.41) is 2.84. The lowest BCUT2D eigenvalue weighted by atomic mass is 10.1. The summed E-state index contributed by atoms with van der Waals surface area (Å²) in [5.74, 6) is 0.948. The third-order valence-corrected chi connectivity index (χ3v) is 3.86. The van der Waals surface area contributed by atoms with E-state index >= 15 is 0 Å². The van der Waals surface area contributed by atoms with Crippen LogP contribution in [0.2, 0.25) is 0 Å². The Morgan fingerprint density at radius 3 is 2.76 bits per heavy atom. The number of ether oxygens (including phenoxy) is 2. The van der Waals surface area contributed by atoms with Crippen LogP contribution < -0.4 is 14.8 Å². The molecule has 0 aliphatic carbocycles. The molecular formula is C18H18F2N2O3. The largest absolute Gasteiger partial charge is 0.493 e. The van der Waals surface area contributed by atoms with E-state index in [1.807, 2.05) is 12.1 Å². The molecule has 1 aliphatic rings. The predicted molar refractivity (Wildman–Crippen MR) is 89.2 cm³/mol. The van der Waals surface area contributed by atoms with Gasteiger partial charge in [0.1, 0.15) is 11.5 Å². The Morgan fingerprint density at radius 2 is 2.04 bits per heavy atom. The van der Waals surface area contributed by atoms with E-state index < -0.39 is 6.61 Å². The molecule has 132 valence electrons. The summed E-state index contributed by atoms with van der Waals surface area (Å²) in [6, 6.07) is 11.5. The SMILES string of the molecule is CN(Cc1ccc(OC(F)F)cc1)C(=O)Nc1ccc2c(c1)CCO2. The summed E-state index contributed by atoms with van der Waals surface area (Å²) in [6.45, 7) is -1.84. The van der Waals surface area contributed by atoms with Crippen molar-refractivity contribution in [2.24, 2.45) is 0 Å². The molecule has 2 amide bonds. The van der Waals surface area contributed by atoms with Crippen LogP contribution in [0.4, 0.5) is 19.3 Å². The van der Waals surface area contributed by atoms with Crippen LogP contribution in [0, 0.1) is 0 Å². The fraction of sp³-hybridized carbons (Fsp3) is 0.278. The second kappa shape index (κ2) is 7.38. The van der Waals surface area contributed by atoms with E-state index in [9.17, 15) is 13.6 Å². The van der Waals surface area contributed by atoms with Gasteiger partial charge >= 0.3 is 12.6 Å². The Balaban J connectivity index is 1.57. The first-order valence-corrected chi connectivity index (χ1v) is 7.83. The number of alkyl halides is 2. The van der Waals surface area contributed by atoms with Gasteiger partial charge in [-0.3, -0.25) is 0 Å². The third kappa shape index (κ3) is 4.37. The van der Waals surface area contributed by atoms with Crippen LogP contribution in [0.25, 0.3) is 0 Å². The monoisotopic (exact) mass is 348 g/mol. The highest BCUT2D eigenvalue weighted by Crippen LogP contribution is 2.28. The number of benzene rings is 2. The lowest BCUT2D eigenvalue weighted by molar-refractivity contribution is -0.0498. The number of fused-ring (bicyclic) bond motifs is 1. The Kier molecular flexibility index (Phi) is 5.02. The van der Waals surface area contributed by atoms with E-state index in [1.54, 1.807) is 25.2 Å². The summed E-state index contributed by atoms with van der Waals surface area (Å²) in [5.41, 5.74) is 2.60. The fourth-order valence-electron chi connectivity index (χ4n) is 2.61. The molecule has 7 heteroatoms. The second-order valence-corrected chi connectivity index (χ2v) is 5.73. The van der Waals surface area contributed by atoms with Crippen molar-refractivity contribution in [2.45, 2.75) is 19.6 Å². The van der Waals surface area contributed by atoms with E-state index in [2.05, 4.69) is 10.1 Å². The summed E-state index contributed by atoms with van der Waals surface area (Å²) in [6.07, 6.45) is 0.835. The molecular weight excluding hydrogens is 330 g/mol. The smallest absolute Gasteiger partial charge is 0.387 e. The molecule has 1 heterocycles. The van der Waals surface area contributed by atoms with Gasteiger partial charge in [-0.15, -0.1) is 0 Å². The number of nitrogens with one attached hydrogen (secondary N) is 1. The topological polar surface area (TPSA) is 50.8 Å². The molecule has 0 radical (unpaired) electrons. The lowest BCUT2D eigenvalue weighted by Gasteiger charge is -2.18. The first kappa shape index (κ1) is 17.0. The maximum atomic E-state index is 12.3. The number of anilines is 1. The summed E-state index contributed by atoms with van der Waals surface area (Å²) in [7, 11) is 1.66. The van der Waals surface area contributed by atoms with Gasteiger partial charge in [-0.1, -0.05) is 12.1 Å². The zero-order valence-electron chi connectivity index (χ0n) is 13.7. The molecule has 2 aromatic carbocycles. The second-order valence-electron chi connectivity index (χ2n) is 5.73. The zero-order valence-corrected chi connectivity index (χ0v) is 13.7. The van der Waals surface area contributed by atoms with Gasteiger partial charge in [-0.05, 0) is 41.5 Å². The lowest BCUT2D eigenvalue weighted by Crippen LogP contribution is -2.30. The first-order chi connectivity index (χ1) is 12.0. The van der Waals surface area contributed by atoms with Crippen LogP contribution in [-0.4, -0.2) is 31.2 Å². The van der Waals surface area contributed by atoms with Crippen molar-refractivity contribution in [3.8, 4) is 11.5 Å². The average molecular weight is 348 g/mol. The van der Waals surface area contributed by atoms with Gasteiger partial charge in [0.2, 0.25) is 0 Å². The van der Waals surface area contributed by atoms with Crippen LogP contribution in [0.15, 0.2) is 42.5 Å².